The lowest BCUT2D eigenvalue weighted by molar-refractivity contribution is -0.120. The molecule has 1 aliphatic heterocycles. The Hall–Kier alpha value is -1.61. The standard InChI is InChI=1S/C18H20ClN3O3S2/c1-26-17-7-4-15(12-20-17)21-18(23)13-8-10-22(11-9-13)27(24,25)16-5-2-14(19)3-6-16/h2-7,12-13H,8-11H2,1H3,(H,21,23). The quantitative estimate of drug-likeness (QED) is 0.741. The average molecular weight is 426 g/mol. The molecule has 0 aliphatic carbocycles. The molecule has 1 aromatic heterocycles. The summed E-state index contributed by atoms with van der Waals surface area (Å²) in [6.07, 6.45) is 4.53. The van der Waals surface area contributed by atoms with Crippen LogP contribution < -0.4 is 5.32 Å². The Morgan fingerprint density at radius 2 is 1.85 bits per heavy atom. The second kappa shape index (κ2) is 8.60. The lowest BCUT2D eigenvalue weighted by Gasteiger charge is -2.30. The van der Waals surface area contributed by atoms with E-state index in [1.807, 2.05) is 18.4 Å². The summed E-state index contributed by atoms with van der Waals surface area (Å²) < 4.78 is 26.8. The van der Waals surface area contributed by atoms with Crippen molar-refractivity contribution in [3.05, 3.63) is 47.6 Å². The first kappa shape index (κ1) is 20.1. The third-order valence-corrected chi connectivity index (χ3v) is 7.31. The number of rotatable bonds is 5. The Morgan fingerprint density at radius 1 is 1.19 bits per heavy atom. The molecular formula is C18H20ClN3O3S2. The van der Waals surface area contributed by atoms with Gasteiger partial charge in [-0.15, -0.1) is 11.8 Å². The Labute approximate surface area is 168 Å². The van der Waals surface area contributed by atoms with Crippen LogP contribution in [-0.4, -0.2) is 43.0 Å². The number of hydrogen-bond acceptors (Lipinski definition) is 5. The van der Waals surface area contributed by atoms with Gasteiger partial charge in [0.05, 0.1) is 21.8 Å². The minimum Gasteiger partial charge on any atom is -0.324 e. The molecular weight excluding hydrogens is 406 g/mol. The van der Waals surface area contributed by atoms with Crippen LogP contribution in [0, 0.1) is 5.92 Å². The number of halogens is 1. The molecule has 1 saturated heterocycles. The number of carbonyl (C=O) groups excluding carboxylic acids is 1. The van der Waals surface area contributed by atoms with Crippen LogP contribution in [0.15, 0.2) is 52.5 Å². The molecule has 2 heterocycles. The van der Waals surface area contributed by atoms with E-state index in [9.17, 15) is 13.2 Å². The van der Waals surface area contributed by atoms with Crippen LogP contribution in [0.5, 0.6) is 0 Å². The van der Waals surface area contributed by atoms with Crippen molar-refractivity contribution in [2.75, 3.05) is 24.7 Å². The van der Waals surface area contributed by atoms with E-state index in [4.69, 9.17) is 11.6 Å². The Morgan fingerprint density at radius 3 is 2.41 bits per heavy atom. The summed E-state index contributed by atoms with van der Waals surface area (Å²) in [7, 11) is -3.56. The monoisotopic (exact) mass is 425 g/mol. The average Bonchev–Trinajstić information content (AvgIpc) is 2.69. The number of aromatic nitrogens is 1. The first-order valence-electron chi connectivity index (χ1n) is 8.47. The van der Waals surface area contributed by atoms with Gasteiger partial charge in [0.15, 0.2) is 0 Å². The van der Waals surface area contributed by atoms with Gasteiger partial charge in [0.1, 0.15) is 0 Å². The third kappa shape index (κ3) is 4.82. The van der Waals surface area contributed by atoms with Crippen molar-refractivity contribution in [2.45, 2.75) is 22.8 Å². The summed E-state index contributed by atoms with van der Waals surface area (Å²) in [6, 6.07) is 9.79. The highest BCUT2D eigenvalue weighted by Gasteiger charge is 2.32. The van der Waals surface area contributed by atoms with E-state index >= 15 is 0 Å². The van der Waals surface area contributed by atoms with E-state index < -0.39 is 10.0 Å². The molecule has 0 bridgehead atoms. The van der Waals surface area contributed by atoms with Crippen LogP contribution in [-0.2, 0) is 14.8 Å². The van der Waals surface area contributed by atoms with Crippen molar-refractivity contribution < 1.29 is 13.2 Å². The summed E-state index contributed by atoms with van der Waals surface area (Å²) in [5.74, 6) is -0.320. The van der Waals surface area contributed by atoms with Crippen molar-refractivity contribution in [3.8, 4) is 0 Å². The fourth-order valence-electron chi connectivity index (χ4n) is 2.93. The van der Waals surface area contributed by atoms with Crippen molar-refractivity contribution in [1.29, 1.82) is 0 Å². The van der Waals surface area contributed by atoms with E-state index in [1.54, 1.807) is 18.3 Å². The number of piperidine rings is 1. The fraction of sp³-hybridized carbons (Fsp3) is 0.333. The second-order valence-corrected chi connectivity index (χ2v) is 9.41. The summed E-state index contributed by atoms with van der Waals surface area (Å²) in [6.45, 7) is 0.624. The van der Waals surface area contributed by atoms with Gasteiger partial charge >= 0.3 is 0 Å². The molecule has 144 valence electrons. The molecule has 2 aromatic rings. The molecule has 27 heavy (non-hydrogen) atoms. The van der Waals surface area contributed by atoms with Crippen molar-refractivity contribution in [2.24, 2.45) is 5.92 Å². The van der Waals surface area contributed by atoms with E-state index in [2.05, 4.69) is 10.3 Å². The van der Waals surface area contributed by atoms with Crippen molar-refractivity contribution in [3.63, 3.8) is 0 Å². The Bertz CT molecular complexity index is 894. The molecule has 1 aliphatic rings. The molecule has 6 nitrogen and oxygen atoms in total. The van der Waals surface area contributed by atoms with Gasteiger partial charge < -0.3 is 5.32 Å². The van der Waals surface area contributed by atoms with Gasteiger partial charge in [-0.05, 0) is 55.5 Å². The maximum Gasteiger partial charge on any atom is 0.243 e. The highest BCUT2D eigenvalue weighted by molar-refractivity contribution is 7.98. The number of benzene rings is 1. The molecule has 1 amide bonds. The van der Waals surface area contributed by atoms with Crippen LogP contribution in [0.4, 0.5) is 5.69 Å². The van der Waals surface area contributed by atoms with Gasteiger partial charge in [0, 0.05) is 24.0 Å². The lowest BCUT2D eigenvalue weighted by atomic mass is 9.97. The number of amides is 1. The van der Waals surface area contributed by atoms with Gasteiger partial charge in [-0.3, -0.25) is 4.79 Å². The third-order valence-electron chi connectivity index (χ3n) is 4.49. The normalized spacial score (nSPS) is 16.2. The molecule has 3 rings (SSSR count). The maximum atomic E-state index is 12.7. The summed E-state index contributed by atoms with van der Waals surface area (Å²) >= 11 is 7.36. The van der Waals surface area contributed by atoms with E-state index in [0.29, 0.717) is 36.6 Å². The number of nitrogens with zero attached hydrogens (tertiary/aromatic N) is 2. The summed E-state index contributed by atoms with van der Waals surface area (Å²) in [5.41, 5.74) is 0.647. The van der Waals surface area contributed by atoms with E-state index in [-0.39, 0.29) is 16.7 Å². The van der Waals surface area contributed by atoms with Gasteiger partial charge in [0.25, 0.3) is 0 Å². The van der Waals surface area contributed by atoms with E-state index in [0.717, 1.165) is 5.03 Å². The van der Waals surface area contributed by atoms with Crippen LogP contribution in [0.25, 0.3) is 0 Å². The zero-order valence-electron chi connectivity index (χ0n) is 14.8. The molecule has 9 heteroatoms. The predicted octanol–water partition coefficient (Wildman–Crippen LogP) is 3.50. The molecule has 0 unspecified atom stereocenters. The smallest absolute Gasteiger partial charge is 0.243 e. The van der Waals surface area contributed by atoms with Crippen LogP contribution in [0.2, 0.25) is 5.02 Å². The number of pyridine rings is 1. The number of nitrogens with one attached hydrogen (secondary N) is 1. The fourth-order valence-corrected chi connectivity index (χ4v) is 4.89. The number of thioether (sulfide) groups is 1. The molecule has 0 atom stereocenters. The van der Waals surface area contributed by atoms with Crippen molar-refractivity contribution in [1.82, 2.24) is 9.29 Å². The zero-order chi connectivity index (χ0) is 19.4. The first-order chi connectivity index (χ1) is 12.9. The van der Waals surface area contributed by atoms with Gasteiger partial charge in [-0.1, -0.05) is 11.6 Å². The number of hydrogen-bond donors (Lipinski definition) is 1. The Kier molecular flexibility index (Phi) is 6.41. The molecule has 0 radical (unpaired) electrons. The Balaban J connectivity index is 1.59. The molecule has 0 spiro atoms. The maximum absolute atomic E-state index is 12.7. The second-order valence-electron chi connectivity index (χ2n) is 6.21. The predicted molar refractivity (Wildman–Crippen MR) is 108 cm³/mol. The van der Waals surface area contributed by atoms with Gasteiger partial charge in [-0.2, -0.15) is 4.31 Å². The molecule has 0 saturated carbocycles. The van der Waals surface area contributed by atoms with Crippen LogP contribution in [0.3, 0.4) is 0 Å². The largest absolute Gasteiger partial charge is 0.324 e. The summed E-state index contributed by atoms with van der Waals surface area (Å²) in [5, 5.41) is 4.23. The molecule has 1 fully saturated rings. The lowest BCUT2D eigenvalue weighted by Crippen LogP contribution is -2.41. The van der Waals surface area contributed by atoms with Gasteiger partial charge in [0.2, 0.25) is 15.9 Å². The topological polar surface area (TPSA) is 79.4 Å². The SMILES string of the molecule is CSc1ccc(NC(=O)C2CCN(S(=O)(=O)c3ccc(Cl)cc3)CC2)cn1. The van der Waals surface area contributed by atoms with Crippen molar-refractivity contribution >= 4 is 45.0 Å². The van der Waals surface area contributed by atoms with Crippen LogP contribution in [0.1, 0.15) is 12.8 Å². The first-order valence-corrected chi connectivity index (χ1v) is 11.5. The van der Waals surface area contributed by atoms with Crippen LogP contribution >= 0.6 is 23.4 Å². The minimum atomic E-state index is -3.56. The highest BCUT2D eigenvalue weighted by Crippen LogP contribution is 2.25. The highest BCUT2D eigenvalue weighted by atomic mass is 35.5. The zero-order valence-corrected chi connectivity index (χ0v) is 17.1. The number of sulfonamides is 1. The molecule has 1 aromatic carbocycles. The van der Waals surface area contributed by atoms with E-state index in [1.165, 1.54) is 28.2 Å². The van der Waals surface area contributed by atoms with Gasteiger partial charge in [-0.25, -0.2) is 13.4 Å². The minimum absolute atomic E-state index is 0.0998. The summed E-state index contributed by atoms with van der Waals surface area (Å²) in [4.78, 5) is 16.9. The number of carbonyl (C=O) groups is 1. The number of anilines is 1. The molecule has 1 N–H and O–H groups in total.